The average Bonchev–Trinajstić information content (AvgIpc) is 3.12. The molecular weight excluding hydrogens is 449 g/mol. The second kappa shape index (κ2) is 7.24. The maximum atomic E-state index is 10.3. The molecule has 1 saturated heterocycles. The molecule has 0 aromatic carbocycles. The van der Waals surface area contributed by atoms with E-state index in [0.29, 0.717) is 13.1 Å². The molecule has 0 unspecified atom stereocenters. The van der Waals surface area contributed by atoms with Gasteiger partial charge >= 0.3 is 0 Å². The third kappa shape index (κ3) is 3.25. The van der Waals surface area contributed by atoms with Crippen LogP contribution in [0.3, 0.4) is 0 Å². The molecule has 8 nitrogen and oxygen atoms in total. The highest BCUT2D eigenvalue weighted by Gasteiger charge is 2.42. The molecule has 2 aromatic rings. The van der Waals surface area contributed by atoms with Crippen LogP contribution in [0.2, 0.25) is 0 Å². The van der Waals surface area contributed by atoms with E-state index in [1.54, 1.807) is 25.7 Å². The first-order valence-electron chi connectivity index (χ1n) is 8.38. The standard InChI is InChI=1S/C17H20IN5O3/c1-10-14(24)15(25)17(26-10)23-8-13(18)12-7-22(9-20-16(12)23)21-6-11-2-4-19-5-3-11/h2-5,8-10,14-15,17,21,24-25H,6-7H2,1H3/t10-,14-,15-,17-/m1/s1. The lowest BCUT2D eigenvalue weighted by Crippen LogP contribution is -2.37. The summed E-state index contributed by atoms with van der Waals surface area (Å²) in [4.78, 5) is 8.57. The van der Waals surface area contributed by atoms with Crippen molar-refractivity contribution >= 4 is 34.7 Å². The van der Waals surface area contributed by atoms with Crippen molar-refractivity contribution in [3.8, 4) is 0 Å². The smallest absolute Gasteiger partial charge is 0.164 e. The van der Waals surface area contributed by atoms with E-state index in [1.807, 2.05) is 27.9 Å². The fourth-order valence-electron chi connectivity index (χ4n) is 3.19. The predicted molar refractivity (Wildman–Crippen MR) is 104 cm³/mol. The third-order valence-electron chi connectivity index (χ3n) is 4.69. The molecule has 2 aliphatic heterocycles. The summed E-state index contributed by atoms with van der Waals surface area (Å²) in [6, 6.07) is 3.93. The van der Waals surface area contributed by atoms with E-state index >= 15 is 0 Å². The Balaban J connectivity index is 1.51. The van der Waals surface area contributed by atoms with Gasteiger partial charge < -0.3 is 19.5 Å². The zero-order valence-electron chi connectivity index (χ0n) is 14.2. The summed E-state index contributed by atoms with van der Waals surface area (Å²) in [6.07, 6.45) is 4.25. The minimum Gasteiger partial charge on any atom is -0.388 e. The Hall–Kier alpha value is -1.53. The van der Waals surface area contributed by atoms with Crippen LogP contribution in [0.1, 0.15) is 24.3 Å². The van der Waals surface area contributed by atoms with Crippen LogP contribution in [-0.2, 0) is 17.8 Å². The number of nitrogens with zero attached hydrogens (tertiary/aromatic N) is 4. The van der Waals surface area contributed by atoms with Crippen LogP contribution in [0, 0.1) is 3.57 Å². The highest BCUT2D eigenvalue weighted by molar-refractivity contribution is 14.1. The van der Waals surface area contributed by atoms with Crippen molar-refractivity contribution in [3.05, 3.63) is 45.4 Å². The molecule has 0 saturated carbocycles. The van der Waals surface area contributed by atoms with Crippen LogP contribution < -0.4 is 5.43 Å². The molecule has 26 heavy (non-hydrogen) atoms. The van der Waals surface area contributed by atoms with E-state index in [4.69, 9.17) is 4.74 Å². The van der Waals surface area contributed by atoms with Crippen LogP contribution in [-0.4, -0.2) is 49.4 Å². The molecule has 138 valence electrons. The van der Waals surface area contributed by atoms with Gasteiger partial charge in [-0.25, -0.2) is 10.4 Å². The van der Waals surface area contributed by atoms with Gasteiger partial charge in [0.25, 0.3) is 0 Å². The zero-order valence-corrected chi connectivity index (χ0v) is 16.3. The Kier molecular flexibility index (Phi) is 4.97. The number of pyridine rings is 1. The van der Waals surface area contributed by atoms with Gasteiger partial charge in [-0.1, -0.05) is 0 Å². The maximum absolute atomic E-state index is 10.3. The number of hydrazine groups is 1. The number of nitrogens with one attached hydrogen (secondary N) is 1. The number of hydrogen-bond acceptors (Lipinski definition) is 7. The normalized spacial score (nSPS) is 27.8. The first kappa shape index (κ1) is 17.9. The topological polar surface area (TPSA) is 95.1 Å². The highest BCUT2D eigenvalue weighted by atomic mass is 127. The monoisotopic (exact) mass is 469 g/mol. The second-order valence-corrected chi connectivity index (χ2v) is 7.62. The third-order valence-corrected chi connectivity index (χ3v) is 5.62. The minimum atomic E-state index is -0.977. The number of halogens is 1. The van der Waals surface area contributed by atoms with Crippen molar-refractivity contribution in [2.45, 2.75) is 44.6 Å². The Morgan fingerprint density at radius 1 is 1.31 bits per heavy atom. The molecule has 9 heteroatoms. The van der Waals surface area contributed by atoms with E-state index in [-0.39, 0.29) is 0 Å². The summed E-state index contributed by atoms with van der Waals surface area (Å²) in [5, 5.41) is 22.2. The molecule has 0 bridgehead atoms. The van der Waals surface area contributed by atoms with E-state index < -0.39 is 24.5 Å². The molecule has 1 fully saturated rings. The molecule has 0 spiro atoms. The predicted octanol–water partition coefficient (Wildman–Crippen LogP) is 1.31. The fourth-order valence-corrected chi connectivity index (χ4v) is 3.90. The zero-order chi connectivity index (χ0) is 18.3. The molecular formula is C17H20IN5O3. The summed E-state index contributed by atoms with van der Waals surface area (Å²) in [5.41, 5.74) is 5.52. The number of aromatic nitrogens is 2. The van der Waals surface area contributed by atoms with Crippen LogP contribution >= 0.6 is 22.6 Å². The lowest BCUT2D eigenvalue weighted by molar-refractivity contribution is -0.0309. The number of aliphatic imine (C=N–C) groups is 1. The number of ether oxygens (including phenoxy) is 1. The van der Waals surface area contributed by atoms with Gasteiger partial charge in [0, 0.05) is 34.3 Å². The molecule has 4 rings (SSSR count). The Morgan fingerprint density at radius 3 is 2.77 bits per heavy atom. The van der Waals surface area contributed by atoms with Crippen molar-refractivity contribution in [2.24, 2.45) is 4.99 Å². The van der Waals surface area contributed by atoms with Gasteiger partial charge in [0.05, 0.1) is 12.6 Å². The van der Waals surface area contributed by atoms with Crippen LogP contribution in [0.4, 0.5) is 5.82 Å². The van der Waals surface area contributed by atoms with Gasteiger partial charge in [-0.2, -0.15) is 0 Å². The molecule has 2 aromatic heterocycles. The van der Waals surface area contributed by atoms with Crippen molar-refractivity contribution in [1.29, 1.82) is 0 Å². The summed E-state index contributed by atoms with van der Waals surface area (Å²) in [7, 11) is 0. The quantitative estimate of drug-likeness (QED) is 0.585. The van der Waals surface area contributed by atoms with Crippen LogP contribution in [0.5, 0.6) is 0 Å². The first-order chi connectivity index (χ1) is 12.5. The van der Waals surface area contributed by atoms with E-state index in [2.05, 4.69) is 38.0 Å². The van der Waals surface area contributed by atoms with Crippen molar-refractivity contribution in [1.82, 2.24) is 20.0 Å². The molecule has 4 heterocycles. The van der Waals surface area contributed by atoms with E-state index in [1.165, 1.54) is 0 Å². The summed E-state index contributed by atoms with van der Waals surface area (Å²) >= 11 is 2.26. The van der Waals surface area contributed by atoms with Gasteiger partial charge in [-0.05, 0) is 47.2 Å². The largest absolute Gasteiger partial charge is 0.388 e. The first-order valence-corrected chi connectivity index (χ1v) is 9.46. The number of rotatable bonds is 4. The number of aliphatic hydroxyl groups is 2. The van der Waals surface area contributed by atoms with Crippen LogP contribution in [0.25, 0.3) is 0 Å². The molecule has 0 amide bonds. The van der Waals surface area contributed by atoms with Crippen molar-refractivity contribution in [2.75, 3.05) is 0 Å². The molecule has 4 atom stereocenters. The fraction of sp³-hybridized carbons (Fsp3) is 0.412. The Labute approximate surface area is 164 Å². The minimum absolute atomic E-state index is 0.420. The summed E-state index contributed by atoms with van der Waals surface area (Å²) < 4.78 is 8.58. The molecule has 3 N–H and O–H groups in total. The molecule has 0 radical (unpaired) electrons. The second-order valence-electron chi connectivity index (χ2n) is 6.46. The van der Waals surface area contributed by atoms with Gasteiger partial charge in [0.1, 0.15) is 24.4 Å². The number of hydrogen-bond donors (Lipinski definition) is 3. The van der Waals surface area contributed by atoms with E-state index in [0.717, 1.165) is 20.5 Å². The number of fused-ring (bicyclic) bond motifs is 1. The Morgan fingerprint density at radius 2 is 2.08 bits per heavy atom. The lowest BCUT2D eigenvalue weighted by atomic mass is 10.1. The van der Waals surface area contributed by atoms with Gasteiger partial charge in [-0.15, -0.1) is 0 Å². The molecule has 0 aliphatic carbocycles. The van der Waals surface area contributed by atoms with Crippen molar-refractivity contribution < 1.29 is 14.9 Å². The van der Waals surface area contributed by atoms with Crippen molar-refractivity contribution in [3.63, 3.8) is 0 Å². The summed E-state index contributed by atoms with van der Waals surface area (Å²) in [6.45, 7) is 3.08. The lowest BCUT2D eigenvalue weighted by Gasteiger charge is -2.25. The van der Waals surface area contributed by atoms with E-state index in [9.17, 15) is 10.2 Å². The van der Waals surface area contributed by atoms with Gasteiger partial charge in [-0.3, -0.25) is 9.99 Å². The van der Waals surface area contributed by atoms with Gasteiger partial charge in [0.15, 0.2) is 6.23 Å². The molecule has 2 aliphatic rings. The number of aliphatic hydroxyl groups excluding tert-OH is 2. The summed E-state index contributed by atoms with van der Waals surface area (Å²) in [5.74, 6) is 0.752. The maximum Gasteiger partial charge on any atom is 0.164 e. The average molecular weight is 469 g/mol. The van der Waals surface area contributed by atoms with Crippen LogP contribution in [0.15, 0.2) is 35.7 Å². The van der Waals surface area contributed by atoms with Gasteiger partial charge in [0.2, 0.25) is 0 Å². The SMILES string of the molecule is C[C@H]1O[C@@H](n2cc(I)c3c2N=CN(NCc2ccncc2)C3)[C@H](O)[C@@H]1O. The highest BCUT2D eigenvalue weighted by Crippen LogP contribution is 2.38. The Bertz CT molecular complexity index is 812.